The van der Waals surface area contributed by atoms with Gasteiger partial charge < -0.3 is 5.32 Å². The first-order valence-electron chi connectivity index (χ1n) is 4.95. The number of benzene rings is 1. The third kappa shape index (κ3) is 2.91. The van der Waals surface area contributed by atoms with Gasteiger partial charge in [-0.15, -0.1) is 0 Å². The van der Waals surface area contributed by atoms with Gasteiger partial charge in [-0.2, -0.15) is 13.2 Å². The molecule has 0 saturated heterocycles. The normalized spacial score (nSPS) is 12.5. The SMILES string of the molecule is CCCNc1ccccc1S(=O)(=O)C(F)(F)F. The second kappa shape index (κ2) is 4.95. The van der Waals surface area contributed by atoms with Crippen LogP contribution in [0.1, 0.15) is 13.3 Å². The molecule has 7 heteroatoms. The monoisotopic (exact) mass is 267 g/mol. The maximum Gasteiger partial charge on any atom is 0.501 e. The Morgan fingerprint density at radius 2 is 1.82 bits per heavy atom. The summed E-state index contributed by atoms with van der Waals surface area (Å²) < 4.78 is 59.8. The number of rotatable bonds is 4. The Hall–Kier alpha value is -1.24. The summed E-state index contributed by atoms with van der Waals surface area (Å²) in [5.74, 6) is 0. The van der Waals surface area contributed by atoms with Crippen LogP contribution in [0, 0.1) is 0 Å². The van der Waals surface area contributed by atoms with Gasteiger partial charge in [-0.1, -0.05) is 19.1 Å². The van der Waals surface area contributed by atoms with Crippen LogP contribution in [-0.2, 0) is 9.84 Å². The fraction of sp³-hybridized carbons (Fsp3) is 0.400. The Labute approximate surface area is 97.6 Å². The Kier molecular flexibility index (Phi) is 4.03. The topological polar surface area (TPSA) is 46.2 Å². The van der Waals surface area contributed by atoms with Crippen molar-refractivity contribution in [3.05, 3.63) is 24.3 Å². The quantitative estimate of drug-likeness (QED) is 0.912. The van der Waals surface area contributed by atoms with Crippen molar-refractivity contribution in [2.45, 2.75) is 23.7 Å². The standard InChI is InChI=1S/C10H12F3NO2S/c1-2-7-14-8-5-3-4-6-9(8)17(15,16)10(11,12)13/h3-6,14H,2,7H2,1H3. The highest BCUT2D eigenvalue weighted by Gasteiger charge is 2.47. The highest BCUT2D eigenvalue weighted by atomic mass is 32.2. The van der Waals surface area contributed by atoms with Gasteiger partial charge in [0.2, 0.25) is 0 Å². The van der Waals surface area contributed by atoms with E-state index in [9.17, 15) is 21.6 Å². The summed E-state index contributed by atoms with van der Waals surface area (Å²) in [5, 5.41) is 2.66. The van der Waals surface area contributed by atoms with Crippen LogP contribution in [0.5, 0.6) is 0 Å². The van der Waals surface area contributed by atoms with E-state index < -0.39 is 20.2 Å². The second-order valence-corrected chi connectivity index (χ2v) is 5.28. The number of para-hydroxylation sites is 1. The molecule has 0 aliphatic rings. The van der Waals surface area contributed by atoms with Crippen LogP contribution in [0.2, 0.25) is 0 Å². The van der Waals surface area contributed by atoms with E-state index in [0.29, 0.717) is 13.0 Å². The number of hydrogen-bond donors (Lipinski definition) is 1. The first-order valence-corrected chi connectivity index (χ1v) is 6.43. The molecule has 0 atom stereocenters. The third-order valence-corrected chi connectivity index (χ3v) is 3.59. The van der Waals surface area contributed by atoms with E-state index in [1.165, 1.54) is 18.2 Å². The summed E-state index contributed by atoms with van der Waals surface area (Å²) in [5.41, 5.74) is -5.30. The number of alkyl halides is 3. The van der Waals surface area contributed by atoms with Crippen LogP contribution in [0.25, 0.3) is 0 Å². The minimum absolute atomic E-state index is 0.0216. The zero-order valence-corrected chi connectivity index (χ0v) is 9.90. The van der Waals surface area contributed by atoms with Crippen LogP contribution in [-0.4, -0.2) is 20.5 Å². The van der Waals surface area contributed by atoms with Crippen LogP contribution in [0.3, 0.4) is 0 Å². The van der Waals surface area contributed by atoms with Crippen molar-refractivity contribution in [1.29, 1.82) is 0 Å². The highest BCUT2D eigenvalue weighted by Crippen LogP contribution is 2.34. The molecule has 0 saturated carbocycles. The number of halogens is 3. The lowest BCUT2D eigenvalue weighted by atomic mass is 10.3. The van der Waals surface area contributed by atoms with Crippen molar-refractivity contribution >= 4 is 15.5 Å². The molecule has 1 aromatic carbocycles. The molecular weight excluding hydrogens is 255 g/mol. The predicted molar refractivity (Wildman–Crippen MR) is 58.5 cm³/mol. The van der Waals surface area contributed by atoms with Gasteiger partial charge in [-0.3, -0.25) is 0 Å². The second-order valence-electron chi connectivity index (χ2n) is 3.37. The fourth-order valence-electron chi connectivity index (χ4n) is 1.23. The molecule has 1 aromatic rings. The average molecular weight is 267 g/mol. The van der Waals surface area contributed by atoms with Crippen molar-refractivity contribution in [2.24, 2.45) is 0 Å². The van der Waals surface area contributed by atoms with Gasteiger partial charge in [0.1, 0.15) is 0 Å². The molecule has 1 rings (SSSR count). The van der Waals surface area contributed by atoms with E-state index in [1.54, 1.807) is 0 Å². The molecule has 3 nitrogen and oxygen atoms in total. The number of anilines is 1. The lowest BCUT2D eigenvalue weighted by Gasteiger charge is -2.13. The number of hydrogen-bond acceptors (Lipinski definition) is 3. The summed E-state index contributed by atoms with van der Waals surface area (Å²) in [4.78, 5) is -0.735. The van der Waals surface area contributed by atoms with Gasteiger partial charge in [0.25, 0.3) is 9.84 Å². The smallest absolute Gasteiger partial charge is 0.384 e. The predicted octanol–water partition coefficient (Wildman–Crippen LogP) is 2.80. The molecule has 0 aliphatic heterocycles. The van der Waals surface area contributed by atoms with Crippen molar-refractivity contribution in [3.8, 4) is 0 Å². The van der Waals surface area contributed by atoms with Gasteiger partial charge in [0.05, 0.1) is 10.6 Å². The summed E-state index contributed by atoms with van der Waals surface area (Å²) in [6.07, 6.45) is 0.681. The molecule has 0 spiro atoms. The van der Waals surface area contributed by atoms with E-state index >= 15 is 0 Å². The van der Waals surface area contributed by atoms with Gasteiger partial charge >= 0.3 is 5.51 Å². The summed E-state index contributed by atoms with van der Waals surface area (Å²) >= 11 is 0. The Bertz CT molecular complexity index is 483. The highest BCUT2D eigenvalue weighted by molar-refractivity contribution is 7.92. The molecule has 0 heterocycles. The largest absolute Gasteiger partial charge is 0.501 e. The molecule has 1 N–H and O–H groups in total. The minimum atomic E-state index is -5.30. The van der Waals surface area contributed by atoms with Gasteiger partial charge in [0.15, 0.2) is 0 Å². The summed E-state index contributed by atoms with van der Waals surface area (Å²) in [7, 11) is -5.30. The molecule has 0 fully saturated rings. The van der Waals surface area contributed by atoms with Crippen LogP contribution in [0.4, 0.5) is 18.9 Å². The van der Waals surface area contributed by atoms with Crippen LogP contribution < -0.4 is 5.32 Å². The molecule has 0 radical (unpaired) electrons. The van der Waals surface area contributed by atoms with Crippen molar-refractivity contribution < 1.29 is 21.6 Å². The van der Waals surface area contributed by atoms with Gasteiger partial charge in [0, 0.05) is 6.54 Å². The lowest BCUT2D eigenvalue weighted by molar-refractivity contribution is -0.0435. The lowest BCUT2D eigenvalue weighted by Crippen LogP contribution is -2.24. The zero-order chi connectivity index (χ0) is 13.1. The van der Waals surface area contributed by atoms with Gasteiger partial charge in [-0.25, -0.2) is 8.42 Å². The first kappa shape index (κ1) is 13.8. The molecular formula is C10H12F3NO2S. The Balaban J connectivity index is 3.23. The Morgan fingerprint density at radius 1 is 1.24 bits per heavy atom. The number of nitrogens with one attached hydrogen (secondary N) is 1. The summed E-state index contributed by atoms with van der Waals surface area (Å²) in [6, 6.07) is 5.00. The fourth-order valence-corrected chi connectivity index (χ4v) is 2.17. The van der Waals surface area contributed by atoms with Gasteiger partial charge in [-0.05, 0) is 18.6 Å². The number of sulfone groups is 1. The molecule has 0 aliphatic carbocycles. The first-order chi connectivity index (χ1) is 7.80. The molecule has 0 amide bonds. The molecule has 96 valence electrons. The van der Waals surface area contributed by atoms with Crippen LogP contribution in [0.15, 0.2) is 29.2 Å². The van der Waals surface area contributed by atoms with Crippen molar-refractivity contribution in [1.82, 2.24) is 0 Å². The maximum absolute atomic E-state index is 12.4. The zero-order valence-electron chi connectivity index (χ0n) is 9.08. The molecule has 0 bridgehead atoms. The molecule has 0 unspecified atom stereocenters. The van der Waals surface area contributed by atoms with E-state index in [1.807, 2.05) is 6.92 Å². The maximum atomic E-state index is 12.4. The third-order valence-electron chi connectivity index (χ3n) is 2.05. The van der Waals surface area contributed by atoms with Crippen molar-refractivity contribution in [3.63, 3.8) is 0 Å². The van der Waals surface area contributed by atoms with E-state index in [-0.39, 0.29) is 5.69 Å². The molecule has 0 aromatic heterocycles. The van der Waals surface area contributed by atoms with Crippen LogP contribution >= 0.6 is 0 Å². The average Bonchev–Trinajstić information content (AvgIpc) is 2.25. The van der Waals surface area contributed by atoms with E-state index in [2.05, 4.69) is 5.32 Å². The van der Waals surface area contributed by atoms with E-state index in [0.717, 1.165) is 6.07 Å². The van der Waals surface area contributed by atoms with E-state index in [4.69, 9.17) is 0 Å². The van der Waals surface area contributed by atoms with Crippen molar-refractivity contribution in [2.75, 3.05) is 11.9 Å². The Morgan fingerprint density at radius 3 is 2.35 bits per heavy atom. The minimum Gasteiger partial charge on any atom is -0.384 e. The molecule has 17 heavy (non-hydrogen) atoms. The summed E-state index contributed by atoms with van der Waals surface area (Å²) in [6.45, 7) is 2.23.